The zero-order chi connectivity index (χ0) is 12.1. The molecule has 88 valence electrons. The predicted molar refractivity (Wildman–Crippen MR) is 59.5 cm³/mol. The first-order valence-electron chi connectivity index (χ1n) is 5.31. The highest BCUT2D eigenvalue weighted by Gasteiger charge is 2.05. The maximum absolute atomic E-state index is 11.3. The molecule has 5 nitrogen and oxygen atoms in total. The molecule has 16 heavy (non-hydrogen) atoms. The van der Waals surface area contributed by atoms with Crippen molar-refractivity contribution in [1.29, 1.82) is 0 Å². The second kappa shape index (κ2) is 5.44. The number of carboxylic acid groups (broad SMARTS) is 1. The maximum Gasteiger partial charge on any atom is 0.303 e. The molecule has 1 aromatic rings. The Kier molecular flexibility index (Phi) is 4.22. The molecule has 0 fully saturated rings. The fourth-order valence-electron chi connectivity index (χ4n) is 1.35. The van der Waals surface area contributed by atoms with E-state index in [1.54, 1.807) is 0 Å². The molecule has 0 spiro atoms. The second-order valence-electron chi connectivity index (χ2n) is 4.02. The van der Waals surface area contributed by atoms with Gasteiger partial charge in [-0.05, 0) is 12.8 Å². The molecule has 0 radical (unpaired) electrons. The molecule has 0 aliphatic rings. The van der Waals surface area contributed by atoms with Gasteiger partial charge in [0.15, 0.2) is 0 Å². The smallest absolute Gasteiger partial charge is 0.303 e. The van der Waals surface area contributed by atoms with Gasteiger partial charge in [0.05, 0.1) is 0 Å². The molecule has 0 aliphatic carbocycles. The van der Waals surface area contributed by atoms with Gasteiger partial charge in [0, 0.05) is 24.1 Å². The summed E-state index contributed by atoms with van der Waals surface area (Å²) in [7, 11) is 0. The molecule has 0 aliphatic heterocycles. The Morgan fingerprint density at radius 2 is 2.25 bits per heavy atom. The number of aromatic amines is 1. The van der Waals surface area contributed by atoms with E-state index in [1.807, 2.05) is 13.8 Å². The number of hydrogen-bond acceptors (Lipinski definition) is 3. The predicted octanol–water partition coefficient (Wildman–Crippen LogP) is 1.30. The van der Waals surface area contributed by atoms with Crippen molar-refractivity contribution in [3.63, 3.8) is 0 Å². The summed E-state index contributed by atoms with van der Waals surface area (Å²) in [6, 6.07) is 1.42. The Balaban J connectivity index is 2.73. The van der Waals surface area contributed by atoms with Crippen molar-refractivity contribution in [2.45, 2.75) is 39.0 Å². The summed E-state index contributed by atoms with van der Waals surface area (Å²) in [5, 5.41) is 8.50. The summed E-state index contributed by atoms with van der Waals surface area (Å²) in [6.45, 7) is 3.89. The fourth-order valence-corrected chi connectivity index (χ4v) is 1.35. The first-order valence-corrected chi connectivity index (χ1v) is 5.31. The van der Waals surface area contributed by atoms with E-state index in [9.17, 15) is 9.59 Å². The van der Waals surface area contributed by atoms with Gasteiger partial charge in [-0.1, -0.05) is 13.8 Å². The van der Waals surface area contributed by atoms with Gasteiger partial charge in [-0.3, -0.25) is 9.59 Å². The maximum atomic E-state index is 11.3. The second-order valence-corrected chi connectivity index (χ2v) is 4.02. The summed E-state index contributed by atoms with van der Waals surface area (Å²) in [4.78, 5) is 28.6. The van der Waals surface area contributed by atoms with E-state index < -0.39 is 5.97 Å². The number of hydrogen-bond donors (Lipinski definition) is 2. The van der Waals surface area contributed by atoms with Gasteiger partial charge < -0.3 is 10.1 Å². The summed E-state index contributed by atoms with van der Waals surface area (Å²) >= 11 is 0. The fraction of sp³-hybridized carbons (Fsp3) is 0.545. The SMILES string of the molecule is CC(C)c1nc(CCCC(=O)O)cc(=O)[nH]1. The van der Waals surface area contributed by atoms with Crippen molar-refractivity contribution in [2.24, 2.45) is 0 Å². The van der Waals surface area contributed by atoms with E-state index in [0.717, 1.165) is 0 Å². The van der Waals surface area contributed by atoms with Crippen LogP contribution in [0.3, 0.4) is 0 Å². The third-order valence-electron chi connectivity index (χ3n) is 2.18. The van der Waals surface area contributed by atoms with Crippen LogP contribution in [0.4, 0.5) is 0 Å². The molecular weight excluding hydrogens is 208 g/mol. The van der Waals surface area contributed by atoms with Crippen LogP contribution in [0, 0.1) is 0 Å². The van der Waals surface area contributed by atoms with Gasteiger partial charge in [-0.2, -0.15) is 0 Å². The van der Waals surface area contributed by atoms with Crippen LogP contribution in [0.2, 0.25) is 0 Å². The molecule has 0 unspecified atom stereocenters. The standard InChI is InChI=1S/C11H16N2O3/c1-7(2)11-12-8(6-9(14)13-11)4-3-5-10(15)16/h6-7H,3-5H2,1-2H3,(H,15,16)(H,12,13,14). The molecule has 5 heteroatoms. The van der Waals surface area contributed by atoms with Crippen molar-refractivity contribution in [2.75, 3.05) is 0 Å². The van der Waals surface area contributed by atoms with Gasteiger partial charge >= 0.3 is 5.97 Å². The number of aromatic nitrogens is 2. The molecular formula is C11H16N2O3. The van der Waals surface area contributed by atoms with E-state index >= 15 is 0 Å². The topological polar surface area (TPSA) is 83.0 Å². The lowest BCUT2D eigenvalue weighted by Crippen LogP contribution is -2.14. The van der Waals surface area contributed by atoms with Gasteiger partial charge in [0.25, 0.3) is 5.56 Å². The molecule has 1 rings (SSSR count). The highest BCUT2D eigenvalue weighted by molar-refractivity contribution is 5.66. The van der Waals surface area contributed by atoms with E-state index in [4.69, 9.17) is 5.11 Å². The minimum Gasteiger partial charge on any atom is -0.481 e. The number of nitrogens with zero attached hydrogens (tertiary/aromatic N) is 1. The van der Waals surface area contributed by atoms with Crippen LogP contribution in [-0.4, -0.2) is 21.0 Å². The van der Waals surface area contributed by atoms with E-state index in [1.165, 1.54) is 6.07 Å². The highest BCUT2D eigenvalue weighted by atomic mass is 16.4. The van der Waals surface area contributed by atoms with Crippen LogP contribution < -0.4 is 5.56 Å². The van der Waals surface area contributed by atoms with Crippen molar-refractivity contribution in [3.8, 4) is 0 Å². The van der Waals surface area contributed by atoms with Crippen molar-refractivity contribution in [1.82, 2.24) is 9.97 Å². The zero-order valence-corrected chi connectivity index (χ0v) is 9.49. The molecule has 1 aromatic heterocycles. The first kappa shape index (κ1) is 12.4. The first-order chi connectivity index (χ1) is 7.49. The molecule has 1 heterocycles. The highest BCUT2D eigenvalue weighted by Crippen LogP contribution is 2.08. The zero-order valence-electron chi connectivity index (χ0n) is 9.49. The summed E-state index contributed by atoms with van der Waals surface area (Å²) < 4.78 is 0. The van der Waals surface area contributed by atoms with Gasteiger partial charge in [-0.15, -0.1) is 0 Å². The number of carbonyl (C=O) groups is 1. The lowest BCUT2D eigenvalue weighted by atomic mass is 10.1. The van der Waals surface area contributed by atoms with Crippen LogP contribution in [0.15, 0.2) is 10.9 Å². The van der Waals surface area contributed by atoms with E-state index in [-0.39, 0.29) is 17.9 Å². The quantitative estimate of drug-likeness (QED) is 0.789. The van der Waals surface area contributed by atoms with Gasteiger partial charge in [0.2, 0.25) is 0 Å². The number of aliphatic carboxylic acids is 1. The monoisotopic (exact) mass is 224 g/mol. The molecule has 0 amide bonds. The molecule has 0 aromatic carbocycles. The Morgan fingerprint density at radius 3 is 2.81 bits per heavy atom. The Hall–Kier alpha value is -1.65. The van der Waals surface area contributed by atoms with Crippen LogP contribution in [0.1, 0.15) is 44.1 Å². The van der Waals surface area contributed by atoms with Crippen LogP contribution in [0.25, 0.3) is 0 Å². The lowest BCUT2D eigenvalue weighted by molar-refractivity contribution is -0.137. The molecule has 0 saturated heterocycles. The Labute approximate surface area is 93.5 Å². The number of nitrogens with one attached hydrogen (secondary N) is 1. The number of H-pyrrole nitrogens is 1. The summed E-state index contributed by atoms with van der Waals surface area (Å²) in [5.74, 6) is -0.0149. The number of carboxylic acids is 1. The molecule has 2 N–H and O–H groups in total. The van der Waals surface area contributed by atoms with Crippen LogP contribution in [-0.2, 0) is 11.2 Å². The van der Waals surface area contributed by atoms with Crippen molar-refractivity contribution < 1.29 is 9.90 Å². The lowest BCUT2D eigenvalue weighted by Gasteiger charge is -2.06. The average molecular weight is 224 g/mol. The van der Waals surface area contributed by atoms with Crippen LogP contribution in [0.5, 0.6) is 0 Å². The van der Waals surface area contributed by atoms with Gasteiger partial charge in [-0.25, -0.2) is 4.98 Å². The Bertz CT molecular complexity index is 423. The normalized spacial score (nSPS) is 10.7. The molecule has 0 atom stereocenters. The Morgan fingerprint density at radius 1 is 1.56 bits per heavy atom. The van der Waals surface area contributed by atoms with Crippen molar-refractivity contribution >= 4 is 5.97 Å². The average Bonchev–Trinajstić information content (AvgIpc) is 2.16. The van der Waals surface area contributed by atoms with Gasteiger partial charge in [0.1, 0.15) is 5.82 Å². The van der Waals surface area contributed by atoms with E-state index in [2.05, 4.69) is 9.97 Å². The third-order valence-corrected chi connectivity index (χ3v) is 2.18. The third kappa shape index (κ3) is 3.84. The summed E-state index contributed by atoms with van der Waals surface area (Å²) in [5.41, 5.74) is 0.484. The van der Waals surface area contributed by atoms with Crippen molar-refractivity contribution in [3.05, 3.63) is 27.9 Å². The largest absolute Gasteiger partial charge is 0.481 e. The van der Waals surface area contributed by atoms with E-state index in [0.29, 0.717) is 24.4 Å². The minimum absolute atomic E-state index is 0.103. The van der Waals surface area contributed by atoms with Crippen LogP contribution >= 0.6 is 0 Å². The summed E-state index contributed by atoms with van der Waals surface area (Å²) in [6.07, 6.45) is 1.13. The minimum atomic E-state index is -0.825. The molecule has 0 saturated carbocycles. The number of aryl methyl sites for hydroxylation is 1. The molecule has 0 bridgehead atoms. The number of rotatable bonds is 5.